The van der Waals surface area contributed by atoms with Crippen LogP contribution in [0.25, 0.3) is 11.4 Å². The van der Waals surface area contributed by atoms with E-state index in [9.17, 15) is 4.79 Å². The van der Waals surface area contributed by atoms with Crippen molar-refractivity contribution in [1.29, 1.82) is 0 Å². The van der Waals surface area contributed by atoms with E-state index in [-0.39, 0.29) is 5.75 Å². The van der Waals surface area contributed by atoms with Gasteiger partial charge in [0.05, 0.1) is 15.8 Å². The Morgan fingerprint density at radius 3 is 2.78 bits per heavy atom. The summed E-state index contributed by atoms with van der Waals surface area (Å²) < 4.78 is 0. The first-order valence-corrected chi connectivity index (χ1v) is 6.53. The van der Waals surface area contributed by atoms with Crippen LogP contribution in [-0.4, -0.2) is 32.0 Å². The van der Waals surface area contributed by atoms with Crippen LogP contribution in [-0.2, 0) is 4.79 Å². The van der Waals surface area contributed by atoms with Crippen LogP contribution in [0.2, 0.25) is 10.0 Å². The molecule has 0 fully saturated rings. The Kier molecular flexibility index (Phi) is 4.11. The molecular formula is C10H7Cl2N3O2S. The van der Waals surface area contributed by atoms with E-state index in [0.717, 1.165) is 17.3 Å². The lowest BCUT2D eigenvalue weighted by Gasteiger charge is -1.98. The number of nitrogens with zero attached hydrogens (tertiary/aromatic N) is 2. The lowest BCUT2D eigenvalue weighted by Crippen LogP contribution is -1.97. The highest BCUT2D eigenvalue weighted by Crippen LogP contribution is 2.27. The molecule has 2 rings (SSSR count). The van der Waals surface area contributed by atoms with Crippen molar-refractivity contribution in [2.75, 3.05) is 5.75 Å². The molecule has 94 valence electrons. The maximum absolute atomic E-state index is 10.4. The number of H-pyrrole nitrogens is 1. The molecule has 0 saturated carbocycles. The maximum atomic E-state index is 10.4. The van der Waals surface area contributed by atoms with Gasteiger partial charge in [-0.05, 0) is 18.2 Å². The number of aromatic amines is 1. The van der Waals surface area contributed by atoms with Crippen molar-refractivity contribution in [2.45, 2.75) is 5.16 Å². The lowest BCUT2D eigenvalue weighted by molar-refractivity contribution is -0.133. The number of nitrogens with one attached hydrogen (secondary N) is 1. The summed E-state index contributed by atoms with van der Waals surface area (Å²) in [5.74, 6) is -0.468. The minimum atomic E-state index is -0.910. The van der Waals surface area contributed by atoms with Crippen LogP contribution in [0.1, 0.15) is 0 Å². The summed E-state index contributed by atoms with van der Waals surface area (Å²) in [5, 5.41) is 17.6. The van der Waals surface area contributed by atoms with Gasteiger partial charge >= 0.3 is 5.97 Å². The molecule has 0 saturated heterocycles. The first kappa shape index (κ1) is 13.2. The Balaban J connectivity index is 2.18. The number of rotatable bonds is 4. The fraction of sp³-hybridized carbons (Fsp3) is 0.100. The van der Waals surface area contributed by atoms with Gasteiger partial charge in [0.25, 0.3) is 0 Å². The maximum Gasteiger partial charge on any atom is 0.313 e. The molecule has 0 atom stereocenters. The third-order valence-electron chi connectivity index (χ3n) is 1.99. The van der Waals surface area contributed by atoms with Gasteiger partial charge in [-0.15, -0.1) is 10.2 Å². The summed E-state index contributed by atoms with van der Waals surface area (Å²) in [4.78, 5) is 13.3. The number of carboxylic acids is 1. The van der Waals surface area contributed by atoms with E-state index >= 15 is 0 Å². The van der Waals surface area contributed by atoms with Gasteiger partial charge in [0.1, 0.15) is 0 Å². The molecule has 0 bridgehead atoms. The standard InChI is InChI=1S/C10H7Cl2N3O2S/c11-6-2-1-5(3-7(6)12)9-13-10(15-14-9)18-4-8(16)17/h1-3H,4H2,(H,16,17)(H,13,14,15). The Labute approximate surface area is 117 Å². The van der Waals surface area contributed by atoms with Gasteiger partial charge in [-0.3, -0.25) is 4.79 Å². The van der Waals surface area contributed by atoms with Crippen LogP contribution in [0.15, 0.2) is 23.4 Å². The van der Waals surface area contributed by atoms with Crippen molar-refractivity contribution in [2.24, 2.45) is 0 Å². The zero-order chi connectivity index (χ0) is 13.1. The molecule has 0 aliphatic carbocycles. The van der Waals surface area contributed by atoms with E-state index in [1.54, 1.807) is 18.2 Å². The number of benzene rings is 1. The zero-order valence-corrected chi connectivity index (χ0v) is 11.2. The highest BCUT2D eigenvalue weighted by Gasteiger charge is 2.09. The van der Waals surface area contributed by atoms with E-state index < -0.39 is 5.97 Å². The Bertz CT molecular complexity index is 588. The van der Waals surface area contributed by atoms with Crippen LogP contribution in [0, 0.1) is 0 Å². The van der Waals surface area contributed by atoms with E-state index in [2.05, 4.69) is 15.2 Å². The summed E-state index contributed by atoms with van der Waals surface area (Å²) >= 11 is 12.8. The fourth-order valence-corrected chi connectivity index (χ4v) is 2.04. The minimum absolute atomic E-state index is 0.0734. The third kappa shape index (κ3) is 3.16. The van der Waals surface area contributed by atoms with Gasteiger partial charge < -0.3 is 10.1 Å². The largest absolute Gasteiger partial charge is 0.481 e. The Morgan fingerprint density at radius 2 is 2.11 bits per heavy atom. The number of carboxylic acid groups (broad SMARTS) is 1. The first-order chi connectivity index (χ1) is 8.56. The predicted octanol–water partition coefficient (Wildman–Crippen LogP) is 2.96. The molecule has 1 aromatic heterocycles. The normalized spacial score (nSPS) is 10.6. The smallest absolute Gasteiger partial charge is 0.313 e. The Hall–Kier alpha value is -1.24. The number of hydrogen-bond donors (Lipinski definition) is 2. The fourth-order valence-electron chi connectivity index (χ4n) is 1.22. The average Bonchev–Trinajstić information content (AvgIpc) is 2.79. The van der Waals surface area contributed by atoms with E-state index in [1.807, 2.05) is 0 Å². The first-order valence-electron chi connectivity index (χ1n) is 4.79. The molecule has 2 aromatic rings. The predicted molar refractivity (Wildman–Crippen MR) is 70.2 cm³/mol. The van der Waals surface area contributed by atoms with Gasteiger partial charge in [-0.2, -0.15) is 0 Å². The third-order valence-corrected chi connectivity index (χ3v) is 3.58. The summed E-state index contributed by atoms with van der Waals surface area (Å²) in [6.07, 6.45) is 0. The van der Waals surface area contributed by atoms with Crippen molar-refractivity contribution in [3.8, 4) is 11.4 Å². The van der Waals surface area contributed by atoms with Crippen molar-refractivity contribution in [3.05, 3.63) is 28.2 Å². The second-order valence-corrected chi connectivity index (χ2v) is 5.07. The number of carbonyl (C=O) groups is 1. The molecule has 0 radical (unpaired) electrons. The second kappa shape index (κ2) is 5.60. The average molecular weight is 304 g/mol. The monoisotopic (exact) mass is 303 g/mol. The van der Waals surface area contributed by atoms with Crippen molar-refractivity contribution < 1.29 is 9.90 Å². The number of hydrogen-bond acceptors (Lipinski definition) is 4. The molecule has 5 nitrogen and oxygen atoms in total. The van der Waals surface area contributed by atoms with E-state index in [1.165, 1.54) is 0 Å². The Morgan fingerprint density at radius 1 is 1.33 bits per heavy atom. The quantitative estimate of drug-likeness (QED) is 0.849. The molecule has 0 unspecified atom stereocenters. The van der Waals surface area contributed by atoms with Gasteiger partial charge in [0.15, 0.2) is 11.0 Å². The van der Waals surface area contributed by atoms with Gasteiger partial charge in [-0.1, -0.05) is 35.0 Å². The summed E-state index contributed by atoms with van der Waals surface area (Å²) in [6, 6.07) is 5.07. The SMILES string of the molecule is O=C(O)CSc1nnc(-c2ccc(Cl)c(Cl)c2)[nH]1. The molecule has 0 spiro atoms. The molecule has 1 aromatic carbocycles. The highest BCUT2D eigenvalue weighted by molar-refractivity contribution is 7.99. The molecular weight excluding hydrogens is 297 g/mol. The second-order valence-electron chi connectivity index (χ2n) is 3.29. The van der Waals surface area contributed by atoms with Crippen molar-refractivity contribution in [3.63, 3.8) is 0 Å². The molecule has 1 heterocycles. The molecule has 0 aliphatic rings. The number of halogens is 2. The molecule has 18 heavy (non-hydrogen) atoms. The van der Waals surface area contributed by atoms with Crippen LogP contribution >= 0.6 is 35.0 Å². The molecule has 8 heteroatoms. The lowest BCUT2D eigenvalue weighted by atomic mass is 10.2. The highest BCUT2D eigenvalue weighted by atomic mass is 35.5. The van der Waals surface area contributed by atoms with Crippen molar-refractivity contribution in [1.82, 2.24) is 15.2 Å². The van der Waals surface area contributed by atoms with Gasteiger partial charge in [-0.25, -0.2) is 0 Å². The van der Waals surface area contributed by atoms with Gasteiger partial charge in [0.2, 0.25) is 0 Å². The van der Waals surface area contributed by atoms with Gasteiger partial charge in [0, 0.05) is 5.56 Å². The number of thioether (sulfide) groups is 1. The van der Waals surface area contributed by atoms with Crippen LogP contribution in [0.3, 0.4) is 0 Å². The van der Waals surface area contributed by atoms with Crippen LogP contribution < -0.4 is 0 Å². The molecule has 2 N–H and O–H groups in total. The zero-order valence-electron chi connectivity index (χ0n) is 8.85. The summed E-state index contributed by atoms with van der Waals surface area (Å²) in [5.41, 5.74) is 0.735. The topological polar surface area (TPSA) is 78.9 Å². The number of aromatic nitrogens is 3. The van der Waals surface area contributed by atoms with Crippen LogP contribution in [0.5, 0.6) is 0 Å². The summed E-state index contributed by atoms with van der Waals surface area (Å²) in [7, 11) is 0. The molecule has 0 amide bonds. The van der Waals surface area contributed by atoms with E-state index in [0.29, 0.717) is 21.0 Å². The van der Waals surface area contributed by atoms with Crippen molar-refractivity contribution >= 4 is 40.9 Å². The number of aliphatic carboxylic acids is 1. The molecule has 0 aliphatic heterocycles. The minimum Gasteiger partial charge on any atom is -0.481 e. The van der Waals surface area contributed by atoms with Crippen LogP contribution in [0.4, 0.5) is 0 Å². The van der Waals surface area contributed by atoms with E-state index in [4.69, 9.17) is 28.3 Å². The summed E-state index contributed by atoms with van der Waals surface area (Å²) in [6.45, 7) is 0.